The zero-order valence-electron chi connectivity index (χ0n) is 51.0. The second-order valence-electron chi connectivity index (χ2n) is 22.5. The second kappa shape index (κ2) is 31.4. The molecule has 0 spiro atoms. The van der Waals surface area contributed by atoms with Crippen molar-refractivity contribution in [1.82, 2.24) is 40.1 Å². The lowest BCUT2D eigenvalue weighted by Crippen LogP contribution is -2.49. The molecule has 2 aliphatic rings. The Kier molecular flexibility index (Phi) is 23.3. The van der Waals surface area contributed by atoms with Gasteiger partial charge in [-0.15, -0.1) is 11.3 Å². The molecular formula is C64H78ClFN10O12S. The van der Waals surface area contributed by atoms with E-state index >= 15 is 4.39 Å². The van der Waals surface area contributed by atoms with Gasteiger partial charge in [-0.05, 0) is 65.4 Å². The number of fused-ring (bicyclic) bond motifs is 2. The number of β-amino-alcohol motifs (C(OH)–C–C–N with tert-alkyl or cyclic N) is 1. The Morgan fingerprint density at radius 3 is 2.18 bits per heavy atom. The third kappa shape index (κ3) is 16.9. The summed E-state index contributed by atoms with van der Waals surface area (Å²) < 4.78 is 51.4. The van der Waals surface area contributed by atoms with E-state index in [0.29, 0.717) is 111 Å². The molecule has 0 saturated carbocycles. The van der Waals surface area contributed by atoms with E-state index in [1.54, 1.807) is 58.8 Å². The minimum atomic E-state index is -0.909. The van der Waals surface area contributed by atoms with Crippen LogP contribution in [0.3, 0.4) is 0 Å². The summed E-state index contributed by atoms with van der Waals surface area (Å²) in [6.45, 7) is 14.3. The fourth-order valence-electron chi connectivity index (χ4n) is 11.0. The number of likely N-dealkylation sites (N-methyl/N-ethyl adjacent to an activating group) is 1. The van der Waals surface area contributed by atoms with E-state index in [-0.39, 0.29) is 104 Å². The summed E-state index contributed by atoms with van der Waals surface area (Å²) in [4.78, 5) is 75.1. The van der Waals surface area contributed by atoms with Crippen molar-refractivity contribution in [3.05, 3.63) is 112 Å². The molecule has 4 aromatic carbocycles. The summed E-state index contributed by atoms with van der Waals surface area (Å²) in [5.41, 5.74) is 5.68. The first-order chi connectivity index (χ1) is 42.9. The van der Waals surface area contributed by atoms with Crippen LogP contribution in [0.15, 0.2) is 82.8 Å². The van der Waals surface area contributed by atoms with Crippen LogP contribution in [0.4, 0.5) is 16.2 Å². The molecule has 0 unspecified atom stereocenters. The van der Waals surface area contributed by atoms with Crippen LogP contribution in [0.2, 0.25) is 5.02 Å². The number of hydrogen-bond acceptors (Lipinski definition) is 19. The summed E-state index contributed by atoms with van der Waals surface area (Å²) in [5, 5.41) is 33.5. The molecule has 7 aromatic rings. The van der Waals surface area contributed by atoms with E-state index in [0.717, 1.165) is 21.7 Å². The van der Waals surface area contributed by atoms with Gasteiger partial charge in [0, 0.05) is 89.6 Å². The number of aromatic hydroxyl groups is 1. The van der Waals surface area contributed by atoms with Gasteiger partial charge in [0.25, 0.3) is 0 Å². The average molecular weight is 1270 g/mol. The topological polar surface area (TPSA) is 257 Å². The predicted octanol–water partition coefficient (Wildman–Crippen LogP) is 7.95. The number of aromatic nitrogens is 4. The monoisotopic (exact) mass is 1260 g/mol. The van der Waals surface area contributed by atoms with Gasteiger partial charge in [-0.25, -0.2) is 14.4 Å². The zero-order chi connectivity index (χ0) is 63.1. The standard InChI is InChI=1S/C64H78ClFN10O12S/c1-39(2)56(54-31-40(3)72-88-54)63(82)76-36-47(79)34-53(76)62(81)69-52(43-11-13-44(14-12-43)60-41(4)68-38-89-60)37-87-30-29-86-28-27-85-26-25-84-24-23-83-22-21-73(6)55(80)15-16-67-64-70-59-50(61(71-64)75-19-17-74(18-20-75)42(5)77)35-51(65)57(58(59)66)49-33-46(78)32-45-9-7-8-10-48(45)49/h7-14,31-33,35,38-39,47,52-53,56,78-79H,15-30,34,36-37H2,1-6H3,(H,69,81)(H,67,70,71)/t47-,52+,53+,56+/m1/s1. The number of rotatable bonds is 30. The lowest BCUT2D eigenvalue weighted by molar-refractivity contribution is -0.141. The first kappa shape index (κ1) is 66.0. The number of ether oxygens (including phenoxy) is 5. The number of hydrogen-bond donors (Lipinski definition) is 4. The predicted molar refractivity (Wildman–Crippen MR) is 337 cm³/mol. The van der Waals surface area contributed by atoms with Crippen molar-refractivity contribution in [1.29, 1.82) is 0 Å². The average Bonchev–Trinajstić information content (AvgIpc) is 2.69. The molecule has 0 aliphatic carbocycles. The molecular weight excluding hydrogens is 1190 g/mol. The first-order valence-electron chi connectivity index (χ1n) is 30.0. The highest BCUT2D eigenvalue weighted by Gasteiger charge is 2.44. The van der Waals surface area contributed by atoms with Crippen LogP contribution >= 0.6 is 22.9 Å². The number of halogens is 2. The molecule has 2 saturated heterocycles. The molecule has 4 amide bonds. The van der Waals surface area contributed by atoms with Crippen LogP contribution in [0, 0.1) is 25.6 Å². The number of phenolic OH excluding ortho intramolecular Hbond substituents is 1. The van der Waals surface area contributed by atoms with Crippen LogP contribution in [-0.2, 0) is 42.9 Å². The largest absolute Gasteiger partial charge is 0.508 e. The number of thiazole rings is 1. The lowest BCUT2D eigenvalue weighted by Gasteiger charge is -2.35. The third-order valence-electron chi connectivity index (χ3n) is 15.8. The maximum atomic E-state index is 17.0. The van der Waals surface area contributed by atoms with E-state index in [4.69, 9.17) is 44.8 Å². The number of carbonyl (C=O) groups is 4. The van der Waals surface area contributed by atoms with Crippen molar-refractivity contribution in [3.63, 3.8) is 0 Å². The molecule has 22 nitrogen and oxygen atoms in total. The molecule has 3 aromatic heterocycles. The normalized spacial score (nSPS) is 16.0. The van der Waals surface area contributed by atoms with Crippen LogP contribution in [0.25, 0.3) is 43.2 Å². The maximum Gasteiger partial charge on any atom is 0.243 e. The van der Waals surface area contributed by atoms with Gasteiger partial charge in [0.2, 0.25) is 29.6 Å². The zero-order valence-corrected chi connectivity index (χ0v) is 52.6. The summed E-state index contributed by atoms with van der Waals surface area (Å²) >= 11 is 8.44. The SMILES string of the molecule is CC(=O)N1CCN(c2nc(NCCC(=O)N(C)CCOCCOCCOCCOCCOC[C@H](NC(=O)[C@@H]3C[C@@H](O)CN3C(=O)[C@H](c3cc(C)no3)C(C)C)c3ccc(-c4scnc4C)cc3)nc3c(F)c(-c4cc(O)cc5ccccc45)c(Cl)cc23)CC1. The van der Waals surface area contributed by atoms with Crippen molar-refractivity contribution in [2.24, 2.45) is 5.92 Å². The Morgan fingerprint density at radius 1 is 0.865 bits per heavy atom. The van der Waals surface area contributed by atoms with Gasteiger partial charge in [0.15, 0.2) is 5.82 Å². The number of aliphatic hydroxyl groups is 1. The molecule has 0 bridgehead atoms. The summed E-state index contributed by atoms with van der Waals surface area (Å²) in [5.74, 6) is -1.48. The maximum absolute atomic E-state index is 17.0. The molecule has 4 N–H and O–H groups in total. The molecule has 0 radical (unpaired) electrons. The molecule has 476 valence electrons. The highest BCUT2D eigenvalue weighted by atomic mass is 35.5. The highest BCUT2D eigenvalue weighted by molar-refractivity contribution is 7.13. The molecule has 4 atom stereocenters. The fourth-order valence-corrected chi connectivity index (χ4v) is 12.2. The lowest BCUT2D eigenvalue weighted by atomic mass is 9.91. The Morgan fingerprint density at radius 2 is 1.54 bits per heavy atom. The summed E-state index contributed by atoms with van der Waals surface area (Å²) in [6.07, 6.45) is -0.692. The minimum Gasteiger partial charge on any atom is -0.508 e. The Balaban J connectivity index is 0.667. The number of nitrogens with one attached hydrogen (secondary N) is 2. The van der Waals surface area contributed by atoms with E-state index in [1.807, 2.05) is 74.2 Å². The van der Waals surface area contributed by atoms with Crippen molar-refractivity contribution >= 4 is 80.0 Å². The molecule has 5 heterocycles. The van der Waals surface area contributed by atoms with Gasteiger partial charge in [0.1, 0.15) is 34.8 Å². The van der Waals surface area contributed by atoms with Gasteiger partial charge in [0.05, 0.1) is 105 Å². The number of anilines is 2. The first-order valence-corrected chi connectivity index (χ1v) is 31.2. The van der Waals surface area contributed by atoms with Crippen LogP contribution in [0.1, 0.15) is 68.3 Å². The van der Waals surface area contributed by atoms with E-state index in [1.165, 1.54) is 17.9 Å². The quantitative estimate of drug-likeness (QED) is 0.0312. The van der Waals surface area contributed by atoms with E-state index in [9.17, 15) is 29.4 Å². The van der Waals surface area contributed by atoms with Crippen LogP contribution in [-0.4, -0.2) is 200 Å². The molecule has 9 rings (SSSR count). The highest BCUT2D eigenvalue weighted by Crippen LogP contribution is 2.43. The summed E-state index contributed by atoms with van der Waals surface area (Å²) in [6, 6.07) is 20.1. The van der Waals surface area contributed by atoms with Crippen molar-refractivity contribution in [2.45, 2.75) is 71.6 Å². The number of piperazine rings is 1. The van der Waals surface area contributed by atoms with Crippen LogP contribution in [0.5, 0.6) is 5.75 Å². The Hall–Kier alpha value is -7.42. The number of likely N-dealkylation sites (tertiary alicyclic amines) is 1. The number of aryl methyl sites for hydroxylation is 2. The smallest absolute Gasteiger partial charge is 0.243 e. The number of nitrogens with zero attached hydrogens (tertiary/aromatic N) is 8. The molecule has 25 heteroatoms. The van der Waals surface area contributed by atoms with E-state index < -0.39 is 35.8 Å². The number of benzene rings is 4. The van der Waals surface area contributed by atoms with Crippen molar-refractivity contribution < 1.29 is 62.0 Å². The fraction of sp³-hybridized carbons (Fsp3) is 0.469. The number of amides is 4. The van der Waals surface area contributed by atoms with Crippen molar-refractivity contribution in [2.75, 3.05) is 129 Å². The van der Waals surface area contributed by atoms with Crippen LogP contribution < -0.4 is 15.5 Å². The van der Waals surface area contributed by atoms with Gasteiger partial charge in [-0.1, -0.05) is 79.1 Å². The number of carbonyl (C=O) groups excluding carboxylic acids is 4. The van der Waals surface area contributed by atoms with E-state index in [2.05, 4.69) is 25.8 Å². The molecule has 2 fully saturated rings. The minimum absolute atomic E-state index is 0.0127. The number of aliphatic hydroxyl groups excluding tert-OH is 1. The molecule has 89 heavy (non-hydrogen) atoms. The molecule has 2 aliphatic heterocycles. The second-order valence-corrected chi connectivity index (χ2v) is 23.7. The van der Waals surface area contributed by atoms with Gasteiger partial charge < -0.3 is 68.7 Å². The third-order valence-corrected chi connectivity index (χ3v) is 17.1. The number of phenols is 1. The van der Waals surface area contributed by atoms with Gasteiger partial charge in [-0.3, -0.25) is 19.2 Å². The summed E-state index contributed by atoms with van der Waals surface area (Å²) in [7, 11) is 1.69. The Bertz CT molecular complexity index is 3550. The van der Waals surface area contributed by atoms with Crippen molar-refractivity contribution in [3.8, 4) is 27.3 Å². The Labute approximate surface area is 525 Å². The van der Waals surface area contributed by atoms with Gasteiger partial charge >= 0.3 is 0 Å². The van der Waals surface area contributed by atoms with Gasteiger partial charge in [-0.2, -0.15) is 4.98 Å².